The molecular weight excluding hydrogens is 632 g/mol. The Labute approximate surface area is 249 Å². The molecule has 4 aromatic rings. The number of aliphatic hydroxyl groups is 1. The zero-order valence-corrected chi connectivity index (χ0v) is 26.8. The van der Waals surface area contributed by atoms with E-state index in [1.807, 2.05) is 79.7 Å². The number of hydrogen-bond donors (Lipinski definition) is 1. The summed E-state index contributed by atoms with van der Waals surface area (Å²) in [7, 11) is -2.91. The molecule has 0 unspecified atom stereocenters. The van der Waals surface area contributed by atoms with Crippen LogP contribution in [0.5, 0.6) is 0 Å². The topological polar surface area (TPSA) is 46.5 Å². The van der Waals surface area contributed by atoms with E-state index in [1.54, 1.807) is 12.1 Å². The molecule has 6 heteroatoms. The van der Waals surface area contributed by atoms with E-state index in [0.29, 0.717) is 5.56 Å². The maximum atomic E-state index is 13.4. The summed E-state index contributed by atoms with van der Waals surface area (Å²) >= 11 is 6.95. The predicted molar refractivity (Wildman–Crippen MR) is 169 cm³/mol. The van der Waals surface area contributed by atoms with Crippen molar-refractivity contribution >= 4 is 56.3 Å². The normalized spacial score (nSPS) is 14.3. The van der Waals surface area contributed by atoms with Gasteiger partial charge in [-0.2, -0.15) is 0 Å². The van der Waals surface area contributed by atoms with Gasteiger partial charge >= 0.3 is 5.97 Å². The summed E-state index contributed by atoms with van der Waals surface area (Å²) in [5.74, 6) is -0.825. The van der Waals surface area contributed by atoms with E-state index in [9.17, 15) is 9.90 Å². The lowest BCUT2D eigenvalue weighted by molar-refractivity contribution is -0.00113. The van der Waals surface area contributed by atoms with Crippen molar-refractivity contribution in [2.24, 2.45) is 5.92 Å². The molecule has 0 heterocycles. The van der Waals surface area contributed by atoms with E-state index < -0.39 is 31.8 Å². The molecule has 0 aromatic heterocycles. The number of rotatable bonds is 8. The third-order valence-corrected chi connectivity index (χ3v) is 14.9. The number of benzene rings is 4. The van der Waals surface area contributed by atoms with Gasteiger partial charge in [-0.15, -0.1) is 0 Å². The van der Waals surface area contributed by atoms with Crippen molar-refractivity contribution in [3.63, 3.8) is 0 Å². The molecule has 4 aromatic carbocycles. The molecule has 4 rings (SSSR count). The minimum absolute atomic E-state index is 0.261. The van der Waals surface area contributed by atoms with Gasteiger partial charge in [0, 0.05) is 14.9 Å². The quantitative estimate of drug-likeness (QED) is 0.155. The zero-order chi connectivity index (χ0) is 28.2. The highest BCUT2D eigenvalue weighted by molar-refractivity contribution is 9.10. The van der Waals surface area contributed by atoms with Crippen molar-refractivity contribution < 1.29 is 14.6 Å². The fourth-order valence-electron chi connectivity index (χ4n) is 5.68. The molecule has 0 radical (unpaired) electrons. The first kappa shape index (κ1) is 29.5. The fraction of sp³-hybridized carbons (Fsp3) is 0.242. The molecule has 0 bridgehead atoms. The number of halogens is 2. The standard InChI is InChI=1S/C33H34Br2O3Si/c1-23(30(24-15-19-26(34)20-16-24)38-31(36)25-17-21-27(35)22-18-25)32(37)39(33(2,3)4,28-11-7-5-8-12-28)29-13-9-6-10-14-29/h5-23,30,32,37H,1-4H3/t23-,30+,32-/m0/s1. The van der Waals surface area contributed by atoms with Crippen molar-refractivity contribution in [1.29, 1.82) is 0 Å². The second-order valence-corrected chi connectivity index (χ2v) is 17.7. The van der Waals surface area contributed by atoms with Gasteiger partial charge in [-0.25, -0.2) is 4.79 Å². The molecule has 0 saturated heterocycles. The predicted octanol–water partition coefficient (Wildman–Crippen LogP) is 7.71. The van der Waals surface area contributed by atoms with Crippen molar-refractivity contribution in [2.45, 2.75) is 44.6 Å². The van der Waals surface area contributed by atoms with Gasteiger partial charge in [-0.1, -0.05) is 143 Å². The lowest BCUT2D eigenvalue weighted by Gasteiger charge is -2.49. The van der Waals surface area contributed by atoms with E-state index >= 15 is 0 Å². The van der Waals surface area contributed by atoms with Crippen LogP contribution in [0.3, 0.4) is 0 Å². The molecule has 0 aliphatic carbocycles. The summed E-state index contributed by atoms with van der Waals surface area (Å²) in [6, 6.07) is 35.7. The Morgan fingerprint density at radius 1 is 0.744 bits per heavy atom. The van der Waals surface area contributed by atoms with Gasteiger partial charge in [0.25, 0.3) is 0 Å². The van der Waals surface area contributed by atoms with Crippen molar-refractivity contribution in [1.82, 2.24) is 0 Å². The molecule has 0 aliphatic rings. The lowest BCUT2D eigenvalue weighted by atomic mass is 9.97. The van der Waals surface area contributed by atoms with Crippen LogP contribution in [0, 0.1) is 5.92 Å². The molecule has 0 amide bonds. The third-order valence-electron chi connectivity index (χ3n) is 7.57. The maximum absolute atomic E-state index is 13.4. The molecule has 39 heavy (non-hydrogen) atoms. The molecule has 0 aliphatic heterocycles. The van der Waals surface area contributed by atoms with Crippen molar-refractivity contribution in [3.8, 4) is 0 Å². The molecule has 0 fully saturated rings. The highest BCUT2D eigenvalue weighted by Gasteiger charge is 2.55. The molecule has 1 N–H and O–H groups in total. The van der Waals surface area contributed by atoms with Crippen LogP contribution in [0.15, 0.2) is 118 Å². The van der Waals surface area contributed by atoms with Gasteiger partial charge in [0.1, 0.15) is 6.10 Å². The largest absolute Gasteiger partial charge is 0.454 e. The highest BCUT2D eigenvalue weighted by atomic mass is 79.9. The van der Waals surface area contributed by atoms with Gasteiger partial charge in [-0.3, -0.25) is 0 Å². The Morgan fingerprint density at radius 2 is 1.18 bits per heavy atom. The Kier molecular flexibility index (Phi) is 9.32. The Morgan fingerprint density at radius 3 is 1.62 bits per heavy atom. The SMILES string of the molecule is C[C@H]([C@@H](O)[Si](c1ccccc1)(c1ccccc1)C(C)(C)C)[C@@H](OC(=O)c1ccc(Br)cc1)c1ccc(Br)cc1. The summed E-state index contributed by atoms with van der Waals surface area (Å²) < 4.78 is 8.08. The number of ether oxygens (including phenoxy) is 1. The first-order valence-corrected chi connectivity index (χ1v) is 16.7. The number of esters is 1. The van der Waals surface area contributed by atoms with Crippen LogP contribution < -0.4 is 10.4 Å². The molecule has 0 spiro atoms. The monoisotopic (exact) mass is 664 g/mol. The van der Waals surface area contributed by atoms with Crippen LogP contribution in [0.4, 0.5) is 0 Å². The van der Waals surface area contributed by atoms with Crippen LogP contribution in [-0.2, 0) is 4.74 Å². The van der Waals surface area contributed by atoms with Crippen LogP contribution in [-0.4, -0.2) is 24.9 Å². The average Bonchev–Trinajstić information content (AvgIpc) is 2.93. The molecule has 3 atom stereocenters. The lowest BCUT2D eigenvalue weighted by Crippen LogP contribution is -2.73. The van der Waals surface area contributed by atoms with Crippen LogP contribution >= 0.6 is 31.9 Å². The Bertz CT molecular complexity index is 1330. The van der Waals surface area contributed by atoms with Gasteiger partial charge < -0.3 is 9.84 Å². The third kappa shape index (κ3) is 6.14. The highest BCUT2D eigenvalue weighted by Crippen LogP contribution is 2.43. The summed E-state index contributed by atoms with van der Waals surface area (Å²) in [6.07, 6.45) is -0.661. The van der Waals surface area contributed by atoms with Crippen LogP contribution in [0.2, 0.25) is 5.04 Å². The molecule has 3 nitrogen and oxygen atoms in total. The van der Waals surface area contributed by atoms with E-state index in [2.05, 4.69) is 76.9 Å². The van der Waals surface area contributed by atoms with Crippen molar-refractivity contribution in [3.05, 3.63) is 129 Å². The van der Waals surface area contributed by atoms with Crippen LogP contribution in [0.25, 0.3) is 0 Å². The van der Waals surface area contributed by atoms with Gasteiger partial charge in [-0.05, 0) is 47.0 Å². The second-order valence-electron chi connectivity index (χ2n) is 11.0. The summed E-state index contributed by atoms with van der Waals surface area (Å²) in [6.45, 7) is 8.67. The zero-order valence-electron chi connectivity index (χ0n) is 22.6. The number of carbonyl (C=O) groups excluding carboxylic acids is 1. The maximum Gasteiger partial charge on any atom is 0.338 e. The Balaban J connectivity index is 1.86. The van der Waals surface area contributed by atoms with Gasteiger partial charge in [0.2, 0.25) is 0 Å². The molecular formula is C33H34Br2O3Si. The second kappa shape index (κ2) is 12.3. The smallest absolute Gasteiger partial charge is 0.338 e. The van der Waals surface area contributed by atoms with E-state index in [1.165, 1.54) is 0 Å². The Hall–Kier alpha value is -2.51. The number of hydrogen-bond acceptors (Lipinski definition) is 3. The first-order valence-electron chi connectivity index (χ1n) is 13.1. The number of carbonyl (C=O) groups is 1. The van der Waals surface area contributed by atoms with Gasteiger partial charge in [0.05, 0.1) is 11.3 Å². The molecule has 0 saturated carbocycles. The van der Waals surface area contributed by atoms with Crippen molar-refractivity contribution in [2.75, 3.05) is 0 Å². The van der Waals surface area contributed by atoms with E-state index in [0.717, 1.165) is 24.9 Å². The average molecular weight is 667 g/mol. The van der Waals surface area contributed by atoms with E-state index in [4.69, 9.17) is 4.74 Å². The summed E-state index contributed by atoms with van der Waals surface area (Å²) in [4.78, 5) is 13.4. The van der Waals surface area contributed by atoms with Crippen LogP contribution in [0.1, 0.15) is 49.7 Å². The fourth-order valence-corrected chi connectivity index (χ4v) is 12.2. The summed E-state index contributed by atoms with van der Waals surface area (Å²) in [5.41, 5.74) is 0.536. The minimum Gasteiger partial charge on any atom is -0.454 e. The number of aliphatic hydroxyl groups excluding tert-OH is 1. The first-order chi connectivity index (χ1) is 18.6. The molecule has 202 valence electrons. The van der Waals surface area contributed by atoms with E-state index in [-0.39, 0.29) is 5.04 Å². The minimum atomic E-state index is -2.91. The van der Waals surface area contributed by atoms with Gasteiger partial charge in [0.15, 0.2) is 8.07 Å². The summed E-state index contributed by atoms with van der Waals surface area (Å²) in [5, 5.41) is 14.7.